The van der Waals surface area contributed by atoms with Crippen LogP contribution in [0.2, 0.25) is 0 Å². The van der Waals surface area contributed by atoms with E-state index in [0.29, 0.717) is 13.0 Å². The van der Waals surface area contributed by atoms with E-state index in [1.54, 1.807) is 6.20 Å². The zero-order valence-electron chi connectivity index (χ0n) is 16.2. The normalized spacial score (nSPS) is 14.6. The Kier molecular flexibility index (Phi) is 7.08. The van der Waals surface area contributed by atoms with Crippen LogP contribution in [0.3, 0.4) is 0 Å². The molecule has 5 nitrogen and oxygen atoms in total. The van der Waals surface area contributed by atoms with Crippen molar-refractivity contribution in [3.05, 3.63) is 71.5 Å². The van der Waals surface area contributed by atoms with Crippen LogP contribution in [0.4, 0.5) is 0 Å². The van der Waals surface area contributed by atoms with Crippen LogP contribution >= 0.6 is 13.5 Å². The minimum Gasteiger partial charge on any atom is -0.423 e. The Morgan fingerprint density at radius 3 is 2.90 bits per heavy atom. The van der Waals surface area contributed by atoms with E-state index in [-0.39, 0.29) is 31.7 Å². The molecule has 3 N–H and O–H groups in total. The lowest BCUT2D eigenvalue weighted by atomic mass is 9.75. The van der Waals surface area contributed by atoms with Crippen LogP contribution in [0.15, 0.2) is 54.9 Å². The fourth-order valence-electron chi connectivity index (χ4n) is 3.87. The summed E-state index contributed by atoms with van der Waals surface area (Å²) < 4.78 is 5.38. The second kappa shape index (κ2) is 9.54. The summed E-state index contributed by atoms with van der Waals surface area (Å²) >= 11 is 0. The lowest BCUT2D eigenvalue weighted by Crippen LogP contribution is -2.35. The first-order chi connectivity index (χ1) is 13.7. The number of nitrogens with zero attached hydrogens (tertiary/aromatic N) is 1. The van der Waals surface area contributed by atoms with Crippen molar-refractivity contribution in [3.63, 3.8) is 0 Å². The number of nitrogens with two attached hydrogens (primary N) is 1. The Morgan fingerprint density at radius 1 is 1.21 bits per heavy atom. The molecule has 2 aromatic carbocycles. The Labute approximate surface area is 177 Å². The Hall–Kier alpha value is -2.19. The van der Waals surface area contributed by atoms with Crippen molar-refractivity contribution < 1.29 is 14.5 Å². The zero-order valence-corrected chi connectivity index (χ0v) is 17.2. The van der Waals surface area contributed by atoms with E-state index >= 15 is 0 Å². The lowest BCUT2D eigenvalue weighted by Gasteiger charge is -2.17. The van der Waals surface area contributed by atoms with Gasteiger partial charge in [-0.15, -0.1) is 0 Å². The maximum Gasteiger partial charge on any atom is 0.491 e. The van der Waals surface area contributed by atoms with Gasteiger partial charge >= 0.3 is 7.12 Å². The largest absolute Gasteiger partial charge is 0.491 e. The number of pyridine rings is 1. The first-order valence-corrected chi connectivity index (χ1v) is 9.63. The SMILES string of the molecule is NC[C@@H](C(=O)Cc1ccc2cnccc2c1)c1ccc2c(c1)CCCOB2O.S. The highest BCUT2D eigenvalue weighted by Crippen LogP contribution is 2.22. The summed E-state index contributed by atoms with van der Waals surface area (Å²) in [5.74, 6) is -0.263. The topological polar surface area (TPSA) is 85.4 Å². The van der Waals surface area contributed by atoms with E-state index in [4.69, 9.17) is 10.4 Å². The summed E-state index contributed by atoms with van der Waals surface area (Å²) in [4.78, 5) is 17.1. The molecule has 0 saturated carbocycles. The summed E-state index contributed by atoms with van der Waals surface area (Å²) in [6.07, 6.45) is 5.58. The highest BCUT2D eigenvalue weighted by molar-refractivity contribution is 7.59. The maximum absolute atomic E-state index is 13.0. The van der Waals surface area contributed by atoms with Gasteiger partial charge in [0.05, 0.1) is 5.92 Å². The van der Waals surface area contributed by atoms with Gasteiger partial charge in [0.25, 0.3) is 0 Å². The van der Waals surface area contributed by atoms with Crippen LogP contribution in [0.25, 0.3) is 10.8 Å². The van der Waals surface area contributed by atoms with E-state index in [9.17, 15) is 9.82 Å². The van der Waals surface area contributed by atoms with E-state index < -0.39 is 7.12 Å². The lowest BCUT2D eigenvalue weighted by molar-refractivity contribution is -0.119. The van der Waals surface area contributed by atoms with E-state index in [2.05, 4.69) is 4.98 Å². The zero-order chi connectivity index (χ0) is 19.5. The second-order valence-corrected chi connectivity index (χ2v) is 7.27. The summed E-state index contributed by atoms with van der Waals surface area (Å²) in [7, 11) is -0.898. The molecule has 0 unspecified atom stereocenters. The first-order valence-electron chi connectivity index (χ1n) is 9.63. The summed E-state index contributed by atoms with van der Waals surface area (Å²) in [6, 6.07) is 13.7. The van der Waals surface area contributed by atoms with Crippen LogP contribution < -0.4 is 11.2 Å². The van der Waals surface area contributed by atoms with Crippen molar-refractivity contribution in [2.24, 2.45) is 5.73 Å². The van der Waals surface area contributed by atoms with Crippen LogP contribution in [-0.4, -0.2) is 36.1 Å². The molecular formula is C22H25BN2O3S. The minimum absolute atomic E-state index is 0. The van der Waals surface area contributed by atoms with Crippen LogP contribution in [0.1, 0.15) is 29.0 Å². The fourth-order valence-corrected chi connectivity index (χ4v) is 3.87. The Morgan fingerprint density at radius 2 is 2.07 bits per heavy atom. The van der Waals surface area contributed by atoms with Gasteiger partial charge in [-0.25, -0.2) is 0 Å². The van der Waals surface area contributed by atoms with Crippen LogP contribution in [0, 0.1) is 0 Å². The molecule has 0 radical (unpaired) electrons. The molecule has 29 heavy (non-hydrogen) atoms. The van der Waals surface area contributed by atoms with Gasteiger partial charge in [-0.1, -0.05) is 36.4 Å². The number of Topliss-reactive ketones (excluding diaryl/α,β-unsaturated/α-hetero) is 1. The number of carbonyl (C=O) groups excluding carboxylic acids is 1. The minimum atomic E-state index is -0.898. The molecular weight excluding hydrogens is 383 g/mol. The molecule has 0 fully saturated rings. The molecule has 1 atom stereocenters. The van der Waals surface area contributed by atoms with E-state index in [1.165, 1.54) is 0 Å². The van der Waals surface area contributed by atoms with Crippen molar-refractivity contribution in [3.8, 4) is 0 Å². The van der Waals surface area contributed by atoms with Crippen molar-refractivity contribution in [1.29, 1.82) is 0 Å². The van der Waals surface area contributed by atoms with Crippen molar-refractivity contribution >= 4 is 42.6 Å². The molecule has 0 amide bonds. The number of fused-ring (bicyclic) bond motifs is 2. The number of rotatable bonds is 5. The number of aryl methyl sites for hydroxylation is 1. The predicted molar refractivity (Wildman–Crippen MR) is 121 cm³/mol. The molecule has 1 aromatic heterocycles. The fraction of sp³-hybridized carbons (Fsp3) is 0.273. The highest BCUT2D eigenvalue weighted by atomic mass is 32.1. The third kappa shape index (κ3) is 4.70. The third-order valence-electron chi connectivity index (χ3n) is 5.41. The summed E-state index contributed by atoms with van der Waals surface area (Å²) in [5.41, 5.74) is 9.68. The average molecular weight is 408 g/mol. The molecule has 0 aliphatic carbocycles. The Bertz CT molecular complexity index is 1010. The molecule has 2 heterocycles. The number of carbonyl (C=O) groups is 1. The highest BCUT2D eigenvalue weighted by Gasteiger charge is 2.26. The van der Waals surface area contributed by atoms with Gasteiger partial charge in [-0.2, -0.15) is 13.5 Å². The van der Waals surface area contributed by atoms with Crippen LogP contribution in [0.5, 0.6) is 0 Å². The van der Waals surface area contributed by atoms with Crippen molar-refractivity contribution in [2.45, 2.75) is 25.2 Å². The Balaban J connectivity index is 0.00000240. The molecule has 1 aliphatic rings. The van der Waals surface area contributed by atoms with Gasteiger partial charge in [-0.3, -0.25) is 9.78 Å². The second-order valence-electron chi connectivity index (χ2n) is 7.27. The number of hydrogen-bond donors (Lipinski definition) is 2. The van der Waals surface area contributed by atoms with Crippen molar-refractivity contribution in [2.75, 3.05) is 13.2 Å². The molecule has 0 bridgehead atoms. The maximum atomic E-state index is 13.0. The molecule has 0 spiro atoms. The summed E-state index contributed by atoms with van der Waals surface area (Å²) in [6.45, 7) is 0.788. The molecule has 7 heteroatoms. The average Bonchev–Trinajstić information content (AvgIpc) is 2.89. The monoisotopic (exact) mass is 408 g/mol. The van der Waals surface area contributed by atoms with Gasteiger partial charge in [0.1, 0.15) is 5.78 Å². The number of ketones is 1. The molecule has 4 rings (SSSR count). The standard InChI is InChI=1S/C22H23BN2O3.H2S/c24-13-20(17-5-6-21-18(12-17)2-1-9-28-23(21)27)22(26)11-15-3-4-19-14-25-8-7-16(19)10-15;/h3-8,10,12,14,20,27H,1-2,9,11,13,24H2;1H2/t20-;/m1./s1. The molecule has 1 aliphatic heterocycles. The number of aromatic nitrogens is 1. The summed E-state index contributed by atoms with van der Waals surface area (Å²) in [5, 5.41) is 12.2. The van der Waals surface area contributed by atoms with E-state index in [0.717, 1.165) is 45.8 Å². The smallest absolute Gasteiger partial charge is 0.423 e. The molecule has 0 saturated heterocycles. The van der Waals surface area contributed by atoms with Crippen LogP contribution in [-0.2, 0) is 22.3 Å². The van der Waals surface area contributed by atoms with Gasteiger partial charge in [0.2, 0.25) is 0 Å². The molecule has 3 aromatic rings. The van der Waals surface area contributed by atoms with Gasteiger partial charge in [0.15, 0.2) is 0 Å². The first kappa shape index (κ1) is 21.5. The van der Waals surface area contributed by atoms with Gasteiger partial charge < -0.3 is 15.4 Å². The third-order valence-corrected chi connectivity index (χ3v) is 5.41. The predicted octanol–water partition coefficient (Wildman–Crippen LogP) is 1.85. The number of hydrogen-bond acceptors (Lipinski definition) is 5. The molecule has 150 valence electrons. The number of benzene rings is 2. The van der Waals surface area contributed by atoms with Crippen molar-refractivity contribution in [1.82, 2.24) is 4.98 Å². The quantitative estimate of drug-likeness (QED) is 0.630. The van der Waals surface area contributed by atoms with E-state index in [1.807, 2.05) is 48.7 Å². The van der Waals surface area contributed by atoms with Gasteiger partial charge in [0, 0.05) is 37.4 Å². The van der Waals surface area contributed by atoms with Gasteiger partial charge in [-0.05, 0) is 46.4 Å².